The van der Waals surface area contributed by atoms with E-state index in [4.69, 9.17) is 5.11 Å². The molecule has 0 radical (unpaired) electrons. The van der Waals surface area contributed by atoms with Gasteiger partial charge in [-0.1, -0.05) is 6.92 Å². The van der Waals surface area contributed by atoms with Crippen molar-refractivity contribution in [3.63, 3.8) is 0 Å². The van der Waals surface area contributed by atoms with E-state index in [9.17, 15) is 0 Å². The molecule has 1 aromatic heterocycles. The summed E-state index contributed by atoms with van der Waals surface area (Å²) in [6, 6.07) is 4.10. The summed E-state index contributed by atoms with van der Waals surface area (Å²) in [7, 11) is 0. The van der Waals surface area contributed by atoms with Crippen LogP contribution in [-0.2, 0) is 13.0 Å². The summed E-state index contributed by atoms with van der Waals surface area (Å²) in [6.07, 6.45) is 5.08. The first-order valence-electron chi connectivity index (χ1n) is 3.95. The van der Waals surface area contributed by atoms with Crippen molar-refractivity contribution in [2.45, 2.75) is 19.9 Å². The maximum Gasteiger partial charge on any atom is 0.172 e. The number of hydrogen-bond acceptors (Lipinski definition) is 1. The van der Waals surface area contributed by atoms with E-state index in [-0.39, 0.29) is 23.6 Å². The van der Waals surface area contributed by atoms with Gasteiger partial charge in [0.2, 0.25) is 0 Å². The van der Waals surface area contributed by atoms with Crippen LogP contribution in [-0.4, -0.2) is 11.7 Å². The topological polar surface area (TPSA) is 24.1 Å². The zero-order valence-corrected chi connectivity index (χ0v) is 8.79. The molecule has 0 unspecified atom stereocenters. The van der Waals surface area contributed by atoms with Crippen LogP contribution in [0.2, 0.25) is 0 Å². The van der Waals surface area contributed by atoms with E-state index in [1.807, 2.05) is 16.8 Å². The molecule has 0 aliphatic rings. The quantitative estimate of drug-likeness (QED) is 0.574. The molecule has 0 aromatic carbocycles. The Labute approximate surface area is 83.6 Å². The van der Waals surface area contributed by atoms with Crippen molar-refractivity contribution in [1.29, 1.82) is 0 Å². The van der Waals surface area contributed by atoms with Gasteiger partial charge in [-0.25, -0.2) is 4.57 Å². The van der Waals surface area contributed by atoms with Crippen LogP contribution in [0.3, 0.4) is 0 Å². The van der Waals surface area contributed by atoms with E-state index in [0.29, 0.717) is 6.54 Å². The molecule has 0 saturated carbocycles. The van der Waals surface area contributed by atoms with Crippen LogP contribution in [0.15, 0.2) is 24.5 Å². The Hall–Kier alpha value is -0.410. The van der Waals surface area contributed by atoms with Crippen molar-refractivity contribution in [2.24, 2.45) is 0 Å². The molecule has 3 heteroatoms. The highest BCUT2D eigenvalue weighted by molar-refractivity contribution is 5.04. The summed E-state index contributed by atoms with van der Waals surface area (Å²) >= 11 is 0. The third-order valence-corrected chi connectivity index (χ3v) is 1.69. The third-order valence-electron chi connectivity index (χ3n) is 1.69. The number of halogens is 1. The van der Waals surface area contributed by atoms with Crippen molar-refractivity contribution < 1.29 is 26.7 Å². The zero-order valence-electron chi connectivity index (χ0n) is 7.20. The second kappa shape index (κ2) is 6.14. The molecule has 2 nitrogen and oxygen atoms in total. The molecular weight excluding hydrogens is 218 g/mol. The number of aryl methyl sites for hydroxylation is 1. The lowest BCUT2D eigenvalue weighted by atomic mass is 10.2. The van der Waals surface area contributed by atoms with Crippen LogP contribution in [0.1, 0.15) is 12.5 Å². The Morgan fingerprint density at radius 2 is 2.25 bits per heavy atom. The molecule has 0 aliphatic carbocycles. The van der Waals surface area contributed by atoms with Crippen molar-refractivity contribution in [3.05, 3.63) is 30.1 Å². The summed E-state index contributed by atoms with van der Waals surface area (Å²) in [4.78, 5) is 0. The molecule has 0 spiro atoms. The van der Waals surface area contributed by atoms with Crippen LogP contribution in [0.5, 0.6) is 0 Å². The lowest BCUT2D eigenvalue weighted by Crippen LogP contribution is -3.00. The third kappa shape index (κ3) is 3.32. The lowest BCUT2D eigenvalue weighted by Gasteiger charge is -1.95. The van der Waals surface area contributed by atoms with Gasteiger partial charge in [0.25, 0.3) is 0 Å². The summed E-state index contributed by atoms with van der Waals surface area (Å²) < 4.78 is 2.00. The van der Waals surface area contributed by atoms with E-state index in [1.54, 1.807) is 0 Å². The molecule has 0 bridgehead atoms. The predicted octanol–water partition coefficient (Wildman–Crippen LogP) is -2.47. The van der Waals surface area contributed by atoms with Gasteiger partial charge >= 0.3 is 0 Å². The van der Waals surface area contributed by atoms with Gasteiger partial charge in [0.1, 0.15) is 6.61 Å². The number of aliphatic hydroxyl groups excluding tert-OH is 1. The van der Waals surface area contributed by atoms with E-state index < -0.39 is 0 Å². The lowest BCUT2D eigenvalue weighted by molar-refractivity contribution is -0.698. The normalized spacial score (nSPS) is 9.17. The highest BCUT2D eigenvalue weighted by Gasteiger charge is 1.98. The van der Waals surface area contributed by atoms with Crippen LogP contribution in [0.4, 0.5) is 0 Å². The Morgan fingerprint density at radius 3 is 2.83 bits per heavy atom. The molecule has 0 aliphatic heterocycles. The van der Waals surface area contributed by atoms with Crippen molar-refractivity contribution in [1.82, 2.24) is 0 Å². The maximum absolute atomic E-state index is 8.66. The maximum atomic E-state index is 8.66. The van der Waals surface area contributed by atoms with Crippen LogP contribution >= 0.6 is 0 Å². The van der Waals surface area contributed by atoms with E-state index >= 15 is 0 Å². The number of nitrogens with zero attached hydrogens (tertiary/aromatic N) is 1. The van der Waals surface area contributed by atoms with Crippen LogP contribution < -0.4 is 21.5 Å². The summed E-state index contributed by atoms with van der Waals surface area (Å²) in [6.45, 7) is 3.02. The Bertz CT molecular complexity index is 228. The molecule has 68 valence electrons. The number of hydrogen-bond donors (Lipinski definition) is 1. The molecule has 0 amide bonds. The minimum atomic E-state index is 0. The molecule has 0 fully saturated rings. The van der Waals surface area contributed by atoms with Gasteiger partial charge in [0.15, 0.2) is 18.9 Å². The molecule has 12 heavy (non-hydrogen) atoms. The van der Waals surface area contributed by atoms with E-state index in [0.717, 1.165) is 6.42 Å². The average molecular weight is 232 g/mol. The smallest absolute Gasteiger partial charge is 0.172 e. The van der Waals surface area contributed by atoms with Crippen molar-refractivity contribution >= 4 is 0 Å². The fourth-order valence-electron chi connectivity index (χ4n) is 1.04. The number of pyridine rings is 1. The van der Waals surface area contributed by atoms with Crippen molar-refractivity contribution in [2.75, 3.05) is 6.61 Å². The second-order valence-corrected chi connectivity index (χ2v) is 2.53. The second-order valence-electron chi connectivity index (χ2n) is 2.53. The van der Waals surface area contributed by atoms with Gasteiger partial charge in [-0.05, 0) is 12.5 Å². The summed E-state index contributed by atoms with van der Waals surface area (Å²) in [5, 5.41) is 8.66. The summed E-state index contributed by atoms with van der Waals surface area (Å²) in [5.41, 5.74) is 1.31. The fraction of sp³-hybridized carbons (Fsp3) is 0.444. The fourth-order valence-corrected chi connectivity index (χ4v) is 1.04. The van der Waals surface area contributed by atoms with Gasteiger partial charge < -0.3 is 22.1 Å². The molecular formula is C9H14BrNO. The minimum Gasteiger partial charge on any atom is -1.00 e. The Balaban J connectivity index is 0.00000121. The monoisotopic (exact) mass is 231 g/mol. The molecule has 0 atom stereocenters. The average Bonchev–Trinajstić information content (AvgIpc) is 2.06. The molecule has 1 rings (SSSR count). The van der Waals surface area contributed by atoms with Gasteiger partial charge in [-0.3, -0.25) is 0 Å². The first kappa shape index (κ1) is 11.6. The molecule has 0 saturated heterocycles. The Morgan fingerprint density at radius 1 is 1.50 bits per heavy atom. The van der Waals surface area contributed by atoms with Gasteiger partial charge in [0.05, 0.1) is 0 Å². The standard InChI is InChI=1S/C9H14NO.BrH/c1-2-9-4-3-5-10(8-9)6-7-11;/h3-5,8,11H,2,6-7H2,1H3;1H/q+1;/p-1. The zero-order chi connectivity index (χ0) is 8.10. The SMILES string of the molecule is CCc1ccc[n+](CCO)c1.[Br-]. The molecule has 1 aromatic rings. The van der Waals surface area contributed by atoms with Crippen LogP contribution in [0, 0.1) is 0 Å². The highest BCUT2D eigenvalue weighted by Crippen LogP contribution is 1.93. The largest absolute Gasteiger partial charge is 1.00 e. The van der Waals surface area contributed by atoms with E-state index in [2.05, 4.69) is 19.2 Å². The highest BCUT2D eigenvalue weighted by atomic mass is 79.9. The number of rotatable bonds is 3. The van der Waals surface area contributed by atoms with E-state index in [1.165, 1.54) is 5.56 Å². The Kier molecular flexibility index (Phi) is 5.93. The first-order chi connectivity index (χ1) is 5.36. The van der Waals surface area contributed by atoms with Gasteiger partial charge in [0, 0.05) is 11.6 Å². The summed E-state index contributed by atoms with van der Waals surface area (Å²) in [5.74, 6) is 0. The predicted molar refractivity (Wildman–Crippen MR) is 43.1 cm³/mol. The minimum absolute atomic E-state index is 0. The number of aromatic nitrogens is 1. The van der Waals surface area contributed by atoms with Gasteiger partial charge in [-0.2, -0.15) is 0 Å². The van der Waals surface area contributed by atoms with Gasteiger partial charge in [-0.15, -0.1) is 0 Å². The van der Waals surface area contributed by atoms with Crippen molar-refractivity contribution in [3.8, 4) is 0 Å². The number of aliphatic hydroxyl groups is 1. The molecule has 1 N–H and O–H groups in total. The first-order valence-corrected chi connectivity index (χ1v) is 3.95. The van der Waals surface area contributed by atoms with Crippen LogP contribution in [0.25, 0.3) is 0 Å². The molecule has 1 heterocycles.